The number of ether oxygens (including phenoxy) is 1. The van der Waals surface area contributed by atoms with E-state index >= 15 is 0 Å². The smallest absolute Gasteiger partial charge is 0.330 e. The maximum Gasteiger partial charge on any atom is 0.330 e. The Labute approximate surface area is 145 Å². The van der Waals surface area contributed by atoms with E-state index in [-0.39, 0.29) is 0 Å². The Morgan fingerprint density at radius 3 is 2.24 bits per heavy atom. The first-order valence-electron chi connectivity index (χ1n) is 7.76. The average Bonchev–Trinajstić information content (AvgIpc) is 2.61. The highest BCUT2D eigenvalue weighted by Gasteiger charge is 2.25. The Hall–Kier alpha value is -2.89. The first kappa shape index (κ1) is 18.4. The van der Waals surface area contributed by atoms with E-state index in [9.17, 15) is 19.1 Å². The zero-order chi connectivity index (χ0) is 18.6. The van der Waals surface area contributed by atoms with Gasteiger partial charge in [-0.1, -0.05) is 24.3 Å². The van der Waals surface area contributed by atoms with Crippen LogP contribution in [0.4, 0.5) is 4.39 Å². The number of hydrogen-bond acceptors (Lipinski definition) is 3. The SMILES string of the molecule is COc1ccc(C(C)C(=O)NC(C(=O)O)c2ccc(F)c(C)c2)cc1. The van der Waals surface area contributed by atoms with Crippen LogP contribution in [0.15, 0.2) is 42.5 Å². The Morgan fingerprint density at radius 1 is 1.12 bits per heavy atom. The van der Waals surface area contributed by atoms with Gasteiger partial charge in [0.2, 0.25) is 5.91 Å². The van der Waals surface area contributed by atoms with E-state index in [0.29, 0.717) is 16.9 Å². The molecule has 0 saturated heterocycles. The van der Waals surface area contributed by atoms with Gasteiger partial charge in [-0.15, -0.1) is 0 Å². The lowest BCUT2D eigenvalue weighted by Gasteiger charge is -2.19. The number of nitrogens with one attached hydrogen (secondary N) is 1. The molecule has 2 atom stereocenters. The van der Waals surface area contributed by atoms with Gasteiger partial charge in [0.15, 0.2) is 6.04 Å². The lowest BCUT2D eigenvalue weighted by atomic mass is 9.98. The summed E-state index contributed by atoms with van der Waals surface area (Å²) in [6.45, 7) is 3.23. The molecule has 0 heterocycles. The normalized spacial score (nSPS) is 13.0. The minimum atomic E-state index is -1.24. The molecule has 0 bridgehead atoms. The average molecular weight is 345 g/mol. The van der Waals surface area contributed by atoms with Crippen molar-refractivity contribution >= 4 is 11.9 Å². The summed E-state index contributed by atoms with van der Waals surface area (Å²) in [6, 6.07) is 9.70. The molecule has 2 aromatic rings. The van der Waals surface area contributed by atoms with Crippen LogP contribution < -0.4 is 10.1 Å². The fourth-order valence-electron chi connectivity index (χ4n) is 2.45. The molecule has 1 amide bonds. The highest BCUT2D eigenvalue weighted by atomic mass is 19.1. The third-order valence-electron chi connectivity index (χ3n) is 4.06. The molecule has 0 radical (unpaired) electrons. The number of carbonyl (C=O) groups is 2. The Morgan fingerprint density at radius 2 is 1.72 bits per heavy atom. The maximum atomic E-state index is 13.4. The number of benzene rings is 2. The highest BCUT2D eigenvalue weighted by Crippen LogP contribution is 2.22. The lowest BCUT2D eigenvalue weighted by Crippen LogP contribution is -2.36. The van der Waals surface area contributed by atoms with Crippen LogP contribution in [0.25, 0.3) is 0 Å². The van der Waals surface area contributed by atoms with Gasteiger partial charge in [0.1, 0.15) is 11.6 Å². The van der Waals surface area contributed by atoms with Crippen molar-refractivity contribution in [1.29, 1.82) is 0 Å². The van der Waals surface area contributed by atoms with E-state index in [1.807, 2.05) is 0 Å². The summed E-state index contributed by atoms with van der Waals surface area (Å²) in [5, 5.41) is 11.9. The van der Waals surface area contributed by atoms with E-state index < -0.39 is 29.7 Å². The van der Waals surface area contributed by atoms with Crippen molar-refractivity contribution in [1.82, 2.24) is 5.32 Å². The lowest BCUT2D eigenvalue weighted by molar-refractivity contribution is -0.142. The summed E-state index contributed by atoms with van der Waals surface area (Å²) in [7, 11) is 1.55. The minimum absolute atomic E-state index is 0.321. The second-order valence-corrected chi connectivity index (χ2v) is 5.78. The molecule has 5 nitrogen and oxygen atoms in total. The summed E-state index contributed by atoms with van der Waals surface area (Å²) < 4.78 is 18.5. The molecule has 2 aromatic carbocycles. The van der Waals surface area contributed by atoms with E-state index in [1.54, 1.807) is 45.2 Å². The molecule has 0 aromatic heterocycles. The molecule has 0 aliphatic carbocycles. The van der Waals surface area contributed by atoms with Crippen LogP contribution in [0, 0.1) is 12.7 Å². The Balaban J connectivity index is 2.18. The quantitative estimate of drug-likeness (QED) is 0.843. The Bertz CT molecular complexity index is 773. The van der Waals surface area contributed by atoms with Gasteiger partial charge in [0, 0.05) is 0 Å². The van der Waals surface area contributed by atoms with Crippen molar-refractivity contribution in [3.8, 4) is 5.75 Å². The predicted octanol–water partition coefficient (Wildman–Crippen LogP) is 3.19. The number of halogens is 1. The summed E-state index contributed by atoms with van der Waals surface area (Å²) in [5.41, 5.74) is 1.38. The fraction of sp³-hybridized carbons (Fsp3) is 0.263. The van der Waals surface area contributed by atoms with Crippen LogP contribution >= 0.6 is 0 Å². The van der Waals surface area contributed by atoms with Gasteiger partial charge in [0.05, 0.1) is 13.0 Å². The fourth-order valence-corrected chi connectivity index (χ4v) is 2.45. The first-order chi connectivity index (χ1) is 11.8. The number of rotatable bonds is 6. The van der Waals surface area contributed by atoms with E-state index in [2.05, 4.69) is 5.32 Å². The number of amides is 1. The molecule has 6 heteroatoms. The van der Waals surface area contributed by atoms with Gasteiger partial charge >= 0.3 is 5.97 Å². The Kier molecular flexibility index (Phi) is 5.75. The molecule has 2 unspecified atom stereocenters. The molecular weight excluding hydrogens is 325 g/mol. The number of carboxylic acid groups (broad SMARTS) is 1. The van der Waals surface area contributed by atoms with E-state index in [0.717, 1.165) is 5.56 Å². The van der Waals surface area contributed by atoms with Crippen LogP contribution in [0.3, 0.4) is 0 Å². The van der Waals surface area contributed by atoms with Crippen molar-refractivity contribution in [2.24, 2.45) is 0 Å². The number of hydrogen-bond donors (Lipinski definition) is 2. The monoisotopic (exact) mass is 345 g/mol. The van der Waals surface area contributed by atoms with Gasteiger partial charge in [-0.3, -0.25) is 4.79 Å². The molecule has 0 aliphatic heterocycles. The van der Waals surface area contributed by atoms with E-state index in [1.165, 1.54) is 18.2 Å². The third-order valence-corrected chi connectivity index (χ3v) is 4.06. The molecule has 0 spiro atoms. The van der Waals surface area contributed by atoms with Crippen molar-refractivity contribution in [3.05, 3.63) is 65.0 Å². The summed E-state index contributed by atoms with van der Waals surface area (Å²) in [5.74, 6) is -1.94. The van der Waals surface area contributed by atoms with Gasteiger partial charge in [0.25, 0.3) is 0 Å². The van der Waals surface area contributed by atoms with Crippen molar-refractivity contribution in [3.63, 3.8) is 0 Å². The zero-order valence-corrected chi connectivity index (χ0v) is 14.2. The molecular formula is C19H20FNO4. The maximum absolute atomic E-state index is 13.4. The standard InChI is InChI=1S/C19H20FNO4/c1-11-10-14(6-9-16(11)20)17(19(23)24)21-18(22)12(2)13-4-7-15(25-3)8-5-13/h4-10,12,17H,1-3H3,(H,21,22)(H,23,24). The summed E-state index contributed by atoms with van der Waals surface area (Å²) in [6.07, 6.45) is 0. The second kappa shape index (κ2) is 7.79. The van der Waals surface area contributed by atoms with Crippen molar-refractivity contribution in [2.45, 2.75) is 25.8 Å². The summed E-state index contributed by atoms with van der Waals surface area (Å²) in [4.78, 5) is 24.0. The minimum Gasteiger partial charge on any atom is -0.497 e. The molecule has 0 fully saturated rings. The van der Waals surface area contributed by atoms with Crippen LogP contribution in [0.2, 0.25) is 0 Å². The van der Waals surface area contributed by atoms with Crippen molar-refractivity contribution < 1.29 is 23.8 Å². The van der Waals surface area contributed by atoms with Crippen LogP contribution in [-0.4, -0.2) is 24.1 Å². The summed E-state index contributed by atoms with van der Waals surface area (Å²) >= 11 is 0. The molecule has 0 aliphatic rings. The number of methoxy groups -OCH3 is 1. The van der Waals surface area contributed by atoms with E-state index in [4.69, 9.17) is 4.74 Å². The number of carbonyl (C=O) groups excluding carboxylic acids is 1. The first-order valence-corrected chi connectivity index (χ1v) is 7.76. The predicted molar refractivity (Wildman–Crippen MR) is 91.1 cm³/mol. The molecule has 2 rings (SSSR count). The van der Waals surface area contributed by atoms with Gasteiger partial charge < -0.3 is 15.2 Å². The van der Waals surface area contributed by atoms with Gasteiger partial charge in [-0.2, -0.15) is 0 Å². The number of aryl methyl sites for hydroxylation is 1. The molecule has 0 saturated carbocycles. The topological polar surface area (TPSA) is 75.6 Å². The largest absolute Gasteiger partial charge is 0.497 e. The van der Waals surface area contributed by atoms with Crippen molar-refractivity contribution in [2.75, 3.05) is 7.11 Å². The molecule has 25 heavy (non-hydrogen) atoms. The van der Waals surface area contributed by atoms with Gasteiger partial charge in [-0.05, 0) is 48.7 Å². The van der Waals surface area contributed by atoms with Crippen LogP contribution in [0.5, 0.6) is 5.75 Å². The van der Waals surface area contributed by atoms with Crippen LogP contribution in [-0.2, 0) is 9.59 Å². The number of aliphatic carboxylic acids is 1. The third kappa shape index (κ3) is 4.35. The molecule has 132 valence electrons. The van der Waals surface area contributed by atoms with Crippen LogP contribution in [0.1, 0.15) is 35.6 Å². The second-order valence-electron chi connectivity index (χ2n) is 5.78. The zero-order valence-electron chi connectivity index (χ0n) is 14.2. The van der Waals surface area contributed by atoms with Gasteiger partial charge in [-0.25, -0.2) is 9.18 Å². The molecule has 2 N–H and O–H groups in total. The number of carboxylic acids is 1. The highest BCUT2D eigenvalue weighted by molar-refractivity contribution is 5.88.